The van der Waals surface area contributed by atoms with Gasteiger partial charge >= 0.3 is 11.9 Å². The topological polar surface area (TPSA) is 101 Å². The van der Waals surface area contributed by atoms with Crippen LogP contribution in [-0.4, -0.2) is 82.8 Å². The fourth-order valence-corrected chi connectivity index (χ4v) is 5.08. The predicted octanol–water partition coefficient (Wildman–Crippen LogP) is 4.17. The number of nitrogens with zero attached hydrogens (tertiary/aromatic N) is 2. The number of hydrogen-bond acceptors (Lipinski definition) is 6. The number of aliphatic hydroxyl groups is 1. The zero-order chi connectivity index (χ0) is 28.8. The maximum Gasteiger partial charge on any atom is 0.303 e. The van der Waals surface area contributed by atoms with Gasteiger partial charge in [-0.05, 0) is 47.4 Å². The molecule has 7 nitrogen and oxygen atoms in total. The first-order chi connectivity index (χ1) is 18.3. The van der Waals surface area contributed by atoms with Gasteiger partial charge in [0.25, 0.3) is 0 Å². The Morgan fingerprint density at radius 1 is 0.971 bits per heavy atom. The Kier molecular flexibility index (Phi) is 8.54. The number of carbonyl (C=O) groups is 2. The van der Waals surface area contributed by atoms with E-state index in [0.29, 0.717) is 26.2 Å². The molecule has 9 heteroatoms. The average Bonchev–Trinajstić information content (AvgIpc) is 2.87. The number of aliphatic carboxylic acids is 2. The van der Waals surface area contributed by atoms with Crippen molar-refractivity contribution in [2.75, 3.05) is 45.8 Å². The van der Waals surface area contributed by atoms with Crippen LogP contribution in [0.5, 0.6) is 0 Å². The molecule has 0 spiro atoms. The third kappa shape index (κ3) is 8.37. The maximum atomic E-state index is 9.64. The van der Waals surface area contributed by atoms with Crippen molar-refractivity contribution in [2.45, 2.75) is 29.1 Å². The number of carboxylic acids is 2. The fraction of sp³-hybridized carbons (Fsp3) is 0.385. The predicted molar refractivity (Wildman–Crippen MR) is 138 cm³/mol. The molecule has 188 valence electrons. The van der Waals surface area contributed by atoms with E-state index in [1.165, 1.54) is 25.8 Å². The van der Waals surface area contributed by atoms with Gasteiger partial charge in [-0.3, -0.25) is 14.5 Å². The number of carboxylic acid groups (broad SMARTS) is 2. The van der Waals surface area contributed by atoms with Crippen molar-refractivity contribution in [3.05, 3.63) is 64.7 Å². The minimum absolute atomic E-state index is 0.296. The summed E-state index contributed by atoms with van der Waals surface area (Å²) in [6.45, 7) is -2.43. The summed E-state index contributed by atoms with van der Waals surface area (Å²) in [6, 6.07) is 14.4. The fourth-order valence-electron chi connectivity index (χ4n) is 3.82. The molecule has 2 aromatic rings. The van der Waals surface area contributed by atoms with Gasteiger partial charge in [-0.15, -0.1) is 0 Å². The normalized spacial score (nSPS) is 19.2. The summed E-state index contributed by atoms with van der Waals surface area (Å²) >= 11 is 8.04. The molecule has 2 aromatic carbocycles. The third-order valence-electron chi connectivity index (χ3n) is 5.56. The first kappa shape index (κ1) is 21.9. The van der Waals surface area contributed by atoms with Crippen molar-refractivity contribution in [3.63, 3.8) is 0 Å². The smallest absolute Gasteiger partial charge is 0.303 e. The number of rotatable bonds is 8. The highest BCUT2D eigenvalue weighted by Crippen LogP contribution is 2.46. The summed E-state index contributed by atoms with van der Waals surface area (Å²) in [5, 5.41) is 26.0. The number of benzene rings is 2. The lowest BCUT2D eigenvalue weighted by Crippen LogP contribution is -2.47. The van der Waals surface area contributed by atoms with Crippen LogP contribution in [0.15, 0.2) is 58.3 Å². The molecule has 0 aliphatic carbocycles. The van der Waals surface area contributed by atoms with Gasteiger partial charge in [0.05, 0.1) is 22.1 Å². The van der Waals surface area contributed by atoms with Crippen molar-refractivity contribution in [3.8, 4) is 0 Å². The summed E-state index contributed by atoms with van der Waals surface area (Å²) in [5.41, 5.74) is 3.56. The summed E-state index contributed by atoms with van der Waals surface area (Å²) in [6.07, 6.45) is 2.50. The Balaban J connectivity index is 0.000000459. The van der Waals surface area contributed by atoms with E-state index >= 15 is 0 Å². The number of β-amino-alcohol motifs (C(OH)–C–C–N with tert-alkyl or cyclic N) is 1. The number of hydrogen-bond donors (Lipinski definition) is 3. The Morgan fingerprint density at radius 3 is 2.26 bits per heavy atom. The first-order valence-electron chi connectivity index (χ1n) is 13.2. The molecule has 0 amide bonds. The molecular formula is C26H31ClN2O5S. The highest BCUT2D eigenvalue weighted by molar-refractivity contribution is 7.99. The molecule has 35 heavy (non-hydrogen) atoms. The number of fused-ring (bicyclic) bond motifs is 2. The van der Waals surface area contributed by atoms with Gasteiger partial charge in [0.2, 0.25) is 0 Å². The molecule has 1 fully saturated rings. The van der Waals surface area contributed by atoms with Crippen LogP contribution < -0.4 is 0 Å². The highest BCUT2D eigenvalue weighted by Gasteiger charge is 2.21. The largest absolute Gasteiger partial charge is 0.481 e. The molecule has 2 aliphatic rings. The second kappa shape index (κ2) is 13.7. The minimum atomic E-state index is -2.89. The highest BCUT2D eigenvalue weighted by atomic mass is 35.5. The van der Waals surface area contributed by atoms with E-state index in [0.717, 1.165) is 23.6 Å². The number of halogens is 1. The SMILES string of the molecule is O=C(O)CCC(=O)O.[2H]C([2H])(O)C([2H])([2H])N1CCN(CC/C=C2/c3ccccc3Sc3ccc(Cl)cc32)CC1. The van der Waals surface area contributed by atoms with Crippen LogP contribution in [0.4, 0.5) is 0 Å². The van der Waals surface area contributed by atoms with Crippen LogP contribution in [0.2, 0.25) is 5.02 Å². The van der Waals surface area contributed by atoms with E-state index in [1.807, 2.05) is 12.1 Å². The lowest BCUT2D eigenvalue weighted by molar-refractivity contribution is -0.143. The van der Waals surface area contributed by atoms with Crippen molar-refractivity contribution in [1.82, 2.24) is 9.80 Å². The minimum Gasteiger partial charge on any atom is -0.481 e. The summed E-state index contributed by atoms with van der Waals surface area (Å²) in [4.78, 5) is 25.3. The van der Waals surface area contributed by atoms with Gasteiger partial charge < -0.3 is 20.2 Å². The van der Waals surface area contributed by atoms with Crippen LogP contribution in [0.1, 0.15) is 35.9 Å². The van der Waals surface area contributed by atoms with Gasteiger partial charge in [-0.2, -0.15) is 0 Å². The average molecular weight is 523 g/mol. The van der Waals surface area contributed by atoms with Gasteiger partial charge in [0.1, 0.15) is 0 Å². The zero-order valence-corrected chi connectivity index (χ0v) is 20.7. The molecular weight excluding hydrogens is 488 g/mol. The van der Waals surface area contributed by atoms with E-state index in [2.05, 4.69) is 41.3 Å². The van der Waals surface area contributed by atoms with Crippen molar-refractivity contribution in [1.29, 1.82) is 0 Å². The van der Waals surface area contributed by atoms with Crippen LogP contribution >= 0.6 is 23.4 Å². The lowest BCUT2D eigenvalue weighted by Gasteiger charge is -2.34. The Morgan fingerprint density at radius 2 is 1.60 bits per heavy atom. The van der Waals surface area contributed by atoms with Crippen LogP contribution in [0.25, 0.3) is 5.57 Å². The van der Waals surface area contributed by atoms with Crippen LogP contribution in [0.3, 0.4) is 0 Å². The van der Waals surface area contributed by atoms with Crippen molar-refractivity contribution < 1.29 is 30.4 Å². The summed E-state index contributed by atoms with van der Waals surface area (Å²) in [5.74, 6) is -2.15. The molecule has 2 aliphatic heterocycles. The van der Waals surface area contributed by atoms with Crippen LogP contribution in [-0.2, 0) is 9.59 Å². The standard InChI is InChI=1S/C22H25ClN2OS.C4H6O4/c23-17-7-8-22-20(16-17)18(19-4-1-2-6-21(19)27-22)5-3-9-24-10-12-25(13-11-24)14-15-26;5-3(6)1-2-4(7)8/h1-2,4-8,16,26H,3,9-15H2;1-2H2,(H,5,6)(H,7,8)/b18-5-;/i14D2,15D2;. The Labute approximate surface area is 220 Å². The van der Waals surface area contributed by atoms with Gasteiger partial charge in [0, 0.05) is 56.8 Å². The zero-order valence-electron chi connectivity index (χ0n) is 23.1. The second-order valence-electron chi connectivity index (χ2n) is 7.98. The second-order valence-corrected chi connectivity index (χ2v) is 9.51. The summed E-state index contributed by atoms with van der Waals surface area (Å²) in [7, 11) is 0. The molecule has 4 rings (SSSR count). The maximum absolute atomic E-state index is 9.64. The lowest BCUT2D eigenvalue weighted by atomic mass is 9.96. The molecule has 0 radical (unpaired) electrons. The molecule has 0 bridgehead atoms. The van der Waals surface area contributed by atoms with E-state index < -0.39 is 25.0 Å². The van der Waals surface area contributed by atoms with Gasteiger partial charge in [-0.1, -0.05) is 47.6 Å². The monoisotopic (exact) mass is 522 g/mol. The molecule has 0 saturated carbocycles. The van der Waals surface area contributed by atoms with Crippen molar-refractivity contribution >= 4 is 40.9 Å². The van der Waals surface area contributed by atoms with Gasteiger partial charge in [0.15, 0.2) is 0 Å². The van der Waals surface area contributed by atoms with E-state index in [9.17, 15) is 14.7 Å². The van der Waals surface area contributed by atoms with Crippen LogP contribution in [0, 0.1) is 0 Å². The van der Waals surface area contributed by atoms with Gasteiger partial charge in [-0.25, -0.2) is 0 Å². The van der Waals surface area contributed by atoms with Crippen molar-refractivity contribution in [2.24, 2.45) is 0 Å². The number of piperazine rings is 1. The van der Waals surface area contributed by atoms with E-state index in [1.54, 1.807) is 11.8 Å². The van der Waals surface area contributed by atoms with E-state index in [4.69, 9.17) is 27.3 Å². The first-order valence-corrected chi connectivity index (χ1v) is 12.4. The Hall–Kier alpha value is -2.36. The third-order valence-corrected chi connectivity index (χ3v) is 6.94. The molecule has 0 atom stereocenters. The Bertz CT molecular complexity index is 1200. The molecule has 0 unspecified atom stereocenters. The molecule has 1 saturated heterocycles. The van der Waals surface area contributed by atoms with E-state index in [-0.39, 0.29) is 12.8 Å². The molecule has 0 aromatic heterocycles. The quantitative estimate of drug-likeness (QED) is 0.405. The molecule has 3 N–H and O–H groups in total. The summed E-state index contributed by atoms with van der Waals surface area (Å²) < 4.78 is 30.5. The molecule has 2 heterocycles.